The number of hydrogen-bond acceptors (Lipinski definition) is 3. The normalized spacial score (nSPS) is 30.9. The van der Waals surface area contributed by atoms with Gasteiger partial charge in [0.05, 0.1) is 11.8 Å². The monoisotopic (exact) mass is 255 g/mol. The molecule has 0 aromatic rings. The summed E-state index contributed by atoms with van der Waals surface area (Å²) in [5, 5.41) is 12.1. The molecule has 2 N–H and O–H groups in total. The van der Waals surface area contributed by atoms with E-state index in [1.807, 2.05) is 6.92 Å². The first kappa shape index (κ1) is 13.3. The highest BCUT2D eigenvalue weighted by atomic mass is 16.5. The van der Waals surface area contributed by atoms with E-state index in [2.05, 4.69) is 5.32 Å². The van der Waals surface area contributed by atoms with Gasteiger partial charge < -0.3 is 15.2 Å². The molecule has 0 aromatic heterocycles. The molecule has 5 nitrogen and oxygen atoms in total. The molecule has 2 fully saturated rings. The molecule has 5 heteroatoms. The van der Waals surface area contributed by atoms with Gasteiger partial charge in [0, 0.05) is 18.8 Å². The van der Waals surface area contributed by atoms with Gasteiger partial charge in [0.1, 0.15) is 0 Å². The molecule has 1 amide bonds. The quantitative estimate of drug-likeness (QED) is 0.794. The minimum absolute atomic E-state index is 0.0932. The Hall–Kier alpha value is -1.10. The maximum atomic E-state index is 12.2. The second-order valence-corrected chi connectivity index (χ2v) is 5.64. The van der Waals surface area contributed by atoms with Gasteiger partial charge in [-0.15, -0.1) is 0 Å². The van der Waals surface area contributed by atoms with E-state index in [4.69, 9.17) is 9.84 Å². The third kappa shape index (κ3) is 2.83. The van der Waals surface area contributed by atoms with Crippen molar-refractivity contribution in [2.45, 2.75) is 44.6 Å². The van der Waals surface area contributed by atoms with Crippen LogP contribution in [0.2, 0.25) is 0 Å². The molecular formula is C13H21NO4. The van der Waals surface area contributed by atoms with E-state index in [1.165, 1.54) is 0 Å². The number of ether oxygens (including phenoxy) is 1. The molecule has 2 unspecified atom stereocenters. The highest BCUT2D eigenvalue weighted by molar-refractivity contribution is 5.85. The Balaban J connectivity index is 1.96. The Morgan fingerprint density at radius 2 is 1.83 bits per heavy atom. The highest BCUT2D eigenvalue weighted by Gasteiger charge is 2.40. The Bertz CT molecular complexity index is 336. The van der Waals surface area contributed by atoms with Crippen molar-refractivity contribution in [1.29, 1.82) is 0 Å². The molecule has 0 spiro atoms. The number of carboxylic acid groups (broad SMARTS) is 1. The van der Waals surface area contributed by atoms with E-state index in [0.717, 1.165) is 19.3 Å². The standard InChI is InChI=1S/C13H21NO4/c1-13(5-7-18-8-6-13)14-11(15)9-3-2-4-10(9)12(16)17/h9-10H,2-8H2,1H3,(H,14,15)(H,16,17). The number of hydrogen-bond donors (Lipinski definition) is 2. The maximum Gasteiger partial charge on any atom is 0.307 e. The second-order valence-electron chi connectivity index (χ2n) is 5.64. The zero-order valence-corrected chi connectivity index (χ0v) is 10.8. The van der Waals surface area contributed by atoms with Crippen LogP contribution in [0.4, 0.5) is 0 Å². The molecule has 1 heterocycles. The Kier molecular flexibility index (Phi) is 3.90. The fourth-order valence-corrected chi connectivity index (χ4v) is 2.91. The van der Waals surface area contributed by atoms with Crippen LogP contribution in [0.5, 0.6) is 0 Å². The molecule has 1 saturated carbocycles. The lowest BCUT2D eigenvalue weighted by molar-refractivity contribution is -0.146. The number of rotatable bonds is 3. The molecule has 18 heavy (non-hydrogen) atoms. The average molecular weight is 255 g/mol. The zero-order chi connectivity index (χ0) is 13.2. The highest BCUT2D eigenvalue weighted by Crippen LogP contribution is 2.33. The summed E-state index contributed by atoms with van der Waals surface area (Å²) in [6.45, 7) is 3.33. The molecule has 0 radical (unpaired) electrons. The second kappa shape index (κ2) is 5.26. The third-order valence-electron chi connectivity index (χ3n) is 4.19. The van der Waals surface area contributed by atoms with Crippen molar-refractivity contribution in [2.75, 3.05) is 13.2 Å². The summed E-state index contributed by atoms with van der Waals surface area (Å²) in [5.74, 6) is -1.80. The predicted molar refractivity (Wildman–Crippen MR) is 65.1 cm³/mol. The van der Waals surface area contributed by atoms with Crippen LogP contribution in [0.15, 0.2) is 0 Å². The fraction of sp³-hybridized carbons (Fsp3) is 0.846. The summed E-state index contributed by atoms with van der Waals surface area (Å²) in [7, 11) is 0. The largest absolute Gasteiger partial charge is 0.481 e. The number of amides is 1. The summed E-state index contributed by atoms with van der Waals surface area (Å²) in [6.07, 6.45) is 3.73. The lowest BCUT2D eigenvalue weighted by atomic mass is 9.89. The van der Waals surface area contributed by atoms with Gasteiger partial charge in [-0.1, -0.05) is 6.42 Å². The molecule has 1 aliphatic carbocycles. The predicted octanol–water partition coefficient (Wildman–Crippen LogP) is 1.17. The van der Waals surface area contributed by atoms with Crippen LogP contribution < -0.4 is 5.32 Å². The molecular weight excluding hydrogens is 234 g/mol. The number of aliphatic carboxylic acids is 1. The molecule has 2 rings (SSSR count). The number of carbonyl (C=O) groups is 2. The Morgan fingerprint density at radius 1 is 1.22 bits per heavy atom. The average Bonchev–Trinajstić information content (AvgIpc) is 2.78. The molecule has 2 aliphatic rings. The molecule has 0 bridgehead atoms. The maximum absolute atomic E-state index is 12.2. The first-order valence-electron chi connectivity index (χ1n) is 6.64. The van der Waals surface area contributed by atoms with E-state index in [-0.39, 0.29) is 17.4 Å². The summed E-state index contributed by atoms with van der Waals surface area (Å²) >= 11 is 0. The smallest absolute Gasteiger partial charge is 0.307 e. The van der Waals surface area contributed by atoms with Crippen LogP contribution in [0.1, 0.15) is 39.0 Å². The van der Waals surface area contributed by atoms with Gasteiger partial charge in [-0.25, -0.2) is 0 Å². The van der Waals surface area contributed by atoms with Gasteiger partial charge in [0.15, 0.2) is 0 Å². The van der Waals surface area contributed by atoms with E-state index < -0.39 is 11.9 Å². The minimum atomic E-state index is -0.843. The zero-order valence-electron chi connectivity index (χ0n) is 10.8. The van der Waals surface area contributed by atoms with Crippen LogP contribution in [0, 0.1) is 11.8 Å². The van der Waals surface area contributed by atoms with E-state index >= 15 is 0 Å². The van der Waals surface area contributed by atoms with Crippen LogP contribution in [-0.4, -0.2) is 35.7 Å². The van der Waals surface area contributed by atoms with Gasteiger partial charge in [0.2, 0.25) is 5.91 Å². The van der Waals surface area contributed by atoms with E-state index in [1.54, 1.807) is 0 Å². The topological polar surface area (TPSA) is 75.6 Å². The molecule has 102 valence electrons. The number of carbonyl (C=O) groups excluding carboxylic acids is 1. The molecule has 2 atom stereocenters. The van der Waals surface area contributed by atoms with Gasteiger partial charge in [-0.2, -0.15) is 0 Å². The van der Waals surface area contributed by atoms with Crippen molar-refractivity contribution in [3.05, 3.63) is 0 Å². The van der Waals surface area contributed by atoms with Crippen molar-refractivity contribution < 1.29 is 19.4 Å². The van der Waals surface area contributed by atoms with Crippen molar-refractivity contribution in [3.8, 4) is 0 Å². The Morgan fingerprint density at radius 3 is 2.44 bits per heavy atom. The van der Waals surface area contributed by atoms with Crippen molar-refractivity contribution >= 4 is 11.9 Å². The van der Waals surface area contributed by atoms with Crippen LogP contribution in [0.3, 0.4) is 0 Å². The first-order chi connectivity index (χ1) is 8.52. The lowest BCUT2D eigenvalue weighted by Gasteiger charge is -2.35. The fourth-order valence-electron chi connectivity index (χ4n) is 2.91. The van der Waals surface area contributed by atoms with Gasteiger partial charge in [-0.3, -0.25) is 9.59 Å². The van der Waals surface area contributed by atoms with Crippen molar-refractivity contribution in [2.24, 2.45) is 11.8 Å². The minimum Gasteiger partial charge on any atom is -0.481 e. The molecule has 0 aromatic carbocycles. The van der Waals surface area contributed by atoms with Gasteiger partial charge in [-0.05, 0) is 32.6 Å². The lowest BCUT2D eigenvalue weighted by Crippen LogP contribution is -2.52. The first-order valence-corrected chi connectivity index (χ1v) is 6.64. The van der Waals surface area contributed by atoms with Gasteiger partial charge >= 0.3 is 5.97 Å². The van der Waals surface area contributed by atoms with Crippen LogP contribution >= 0.6 is 0 Å². The summed E-state index contributed by atoms with van der Waals surface area (Å²) in [6, 6.07) is 0. The SMILES string of the molecule is CC1(NC(=O)C2CCCC2C(=O)O)CCOCC1. The van der Waals surface area contributed by atoms with Gasteiger partial charge in [0.25, 0.3) is 0 Å². The number of carboxylic acids is 1. The summed E-state index contributed by atoms with van der Waals surface area (Å²) in [5.41, 5.74) is -0.235. The van der Waals surface area contributed by atoms with E-state index in [9.17, 15) is 9.59 Å². The summed E-state index contributed by atoms with van der Waals surface area (Å²) < 4.78 is 5.29. The molecule has 1 saturated heterocycles. The van der Waals surface area contributed by atoms with Crippen molar-refractivity contribution in [3.63, 3.8) is 0 Å². The van der Waals surface area contributed by atoms with Crippen LogP contribution in [-0.2, 0) is 14.3 Å². The third-order valence-corrected chi connectivity index (χ3v) is 4.19. The van der Waals surface area contributed by atoms with E-state index in [0.29, 0.717) is 26.1 Å². The number of nitrogens with one attached hydrogen (secondary N) is 1. The van der Waals surface area contributed by atoms with Crippen molar-refractivity contribution in [1.82, 2.24) is 5.32 Å². The molecule has 1 aliphatic heterocycles. The summed E-state index contributed by atoms with van der Waals surface area (Å²) in [4.78, 5) is 23.3. The van der Waals surface area contributed by atoms with Crippen LogP contribution in [0.25, 0.3) is 0 Å². The Labute approximate surface area is 107 Å².